The van der Waals surface area contributed by atoms with Crippen molar-refractivity contribution in [3.8, 4) is 0 Å². The van der Waals surface area contributed by atoms with Gasteiger partial charge in [-0.1, -0.05) is 42.5 Å². The van der Waals surface area contributed by atoms with Crippen molar-refractivity contribution < 1.29 is 9.84 Å². The molecule has 0 aromatic heterocycles. The quantitative estimate of drug-likeness (QED) is 0.791. The molecular weight excluding hydrogens is 296 g/mol. The second-order valence-electron chi connectivity index (χ2n) is 9.42. The largest absolute Gasteiger partial charge is 0.388 e. The molecule has 1 N–H and O–H groups in total. The molecule has 3 spiro atoms. The van der Waals surface area contributed by atoms with Gasteiger partial charge in [0.2, 0.25) is 0 Å². The first-order chi connectivity index (χ1) is 11.7. The highest BCUT2D eigenvalue weighted by Gasteiger charge is 3.00. The predicted molar refractivity (Wildman–Crippen MR) is 90.9 cm³/mol. The van der Waals surface area contributed by atoms with Crippen LogP contribution < -0.4 is 0 Å². The standard InChI is InChI=1S/C22H24O2/c1-2-7-21(23)17-13-12-14-16-15(13)19(21)8-3-4-9-20(16,19)22(18(14)17)10-5-6-11-24-22/h2-6,8-9,13-18,23H,1,7,10-12H2/t13-,14+,15?,16?,17?,18?,19+,20-,21-,22+/m1/s1. The zero-order chi connectivity index (χ0) is 15.9. The number of hydrogen-bond acceptors (Lipinski definition) is 2. The fourth-order valence-electron chi connectivity index (χ4n) is 10.1. The molecular formula is C22H24O2. The van der Waals surface area contributed by atoms with E-state index < -0.39 is 5.60 Å². The van der Waals surface area contributed by atoms with Gasteiger partial charge in [-0.15, -0.1) is 6.58 Å². The summed E-state index contributed by atoms with van der Waals surface area (Å²) in [7, 11) is 0. The molecule has 7 aliphatic rings. The summed E-state index contributed by atoms with van der Waals surface area (Å²) in [5.74, 6) is 3.80. The van der Waals surface area contributed by atoms with Crippen molar-refractivity contribution in [2.24, 2.45) is 46.3 Å². The smallest absolute Gasteiger partial charge is 0.0858 e. The Hall–Kier alpha value is -1.12. The maximum absolute atomic E-state index is 12.1. The molecule has 24 heavy (non-hydrogen) atoms. The maximum atomic E-state index is 12.1. The van der Waals surface area contributed by atoms with Gasteiger partial charge in [0.25, 0.3) is 0 Å². The second kappa shape index (κ2) is 3.41. The van der Waals surface area contributed by atoms with Crippen LogP contribution in [0.3, 0.4) is 0 Å². The third-order valence-corrected chi connectivity index (χ3v) is 9.72. The van der Waals surface area contributed by atoms with E-state index in [4.69, 9.17) is 4.74 Å². The van der Waals surface area contributed by atoms with E-state index in [1.54, 1.807) is 0 Å². The lowest BCUT2D eigenvalue weighted by molar-refractivity contribution is -0.304. The number of rotatable bonds is 2. The van der Waals surface area contributed by atoms with E-state index in [0.717, 1.165) is 31.3 Å². The summed E-state index contributed by atoms with van der Waals surface area (Å²) in [5.41, 5.74) is -0.791. The van der Waals surface area contributed by atoms with Crippen molar-refractivity contribution in [1.29, 1.82) is 0 Å². The number of ether oxygens (including phenoxy) is 1. The predicted octanol–water partition coefficient (Wildman–Crippen LogP) is 3.26. The zero-order valence-corrected chi connectivity index (χ0v) is 13.9. The Balaban J connectivity index is 1.59. The molecule has 2 bridgehead atoms. The third-order valence-electron chi connectivity index (χ3n) is 9.72. The fourth-order valence-corrected chi connectivity index (χ4v) is 10.1. The van der Waals surface area contributed by atoms with Gasteiger partial charge in [0.05, 0.1) is 17.8 Å². The van der Waals surface area contributed by atoms with Crippen LogP contribution in [0.4, 0.5) is 0 Å². The molecule has 1 heterocycles. The van der Waals surface area contributed by atoms with Gasteiger partial charge in [0.15, 0.2) is 0 Å². The van der Waals surface area contributed by atoms with Crippen LogP contribution >= 0.6 is 0 Å². The molecule has 0 aromatic rings. The number of allylic oxidation sites excluding steroid dienone is 2. The van der Waals surface area contributed by atoms with Crippen LogP contribution in [0.5, 0.6) is 0 Å². The highest BCUT2D eigenvalue weighted by molar-refractivity contribution is 5.56. The lowest BCUT2D eigenvalue weighted by atomic mass is 9.32. The summed E-state index contributed by atoms with van der Waals surface area (Å²) >= 11 is 0. The third kappa shape index (κ3) is 0.811. The van der Waals surface area contributed by atoms with E-state index >= 15 is 0 Å². The van der Waals surface area contributed by atoms with Crippen LogP contribution in [-0.4, -0.2) is 22.9 Å². The van der Waals surface area contributed by atoms with Gasteiger partial charge < -0.3 is 9.84 Å². The Morgan fingerprint density at radius 3 is 2.54 bits per heavy atom. The first-order valence-electron chi connectivity index (χ1n) is 9.69. The average Bonchev–Trinajstić information content (AvgIpc) is 3.14. The topological polar surface area (TPSA) is 29.5 Å². The summed E-state index contributed by atoms with van der Waals surface area (Å²) in [6, 6.07) is 0. The summed E-state index contributed by atoms with van der Waals surface area (Å²) in [6.07, 6.45) is 18.9. The molecule has 0 saturated heterocycles. The van der Waals surface area contributed by atoms with Crippen molar-refractivity contribution in [1.82, 2.24) is 0 Å². The van der Waals surface area contributed by atoms with Crippen LogP contribution in [0.25, 0.3) is 0 Å². The van der Waals surface area contributed by atoms with Crippen molar-refractivity contribution in [2.75, 3.05) is 6.61 Å². The molecule has 4 unspecified atom stereocenters. The minimum Gasteiger partial charge on any atom is -0.388 e. The van der Waals surface area contributed by atoms with Crippen LogP contribution in [-0.2, 0) is 4.74 Å². The summed E-state index contributed by atoms with van der Waals surface area (Å²) in [5, 5.41) is 12.1. The summed E-state index contributed by atoms with van der Waals surface area (Å²) in [4.78, 5) is 0. The molecule has 6 aliphatic carbocycles. The molecule has 0 aromatic carbocycles. The van der Waals surface area contributed by atoms with E-state index in [9.17, 15) is 5.11 Å². The van der Waals surface area contributed by atoms with Crippen molar-refractivity contribution in [3.05, 3.63) is 49.1 Å². The molecule has 124 valence electrons. The Morgan fingerprint density at radius 2 is 1.79 bits per heavy atom. The van der Waals surface area contributed by atoms with Gasteiger partial charge in [-0.25, -0.2) is 0 Å². The average molecular weight is 320 g/mol. The van der Waals surface area contributed by atoms with Gasteiger partial charge in [0, 0.05) is 10.8 Å². The highest BCUT2D eigenvalue weighted by Crippen LogP contribution is 2.98. The van der Waals surface area contributed by atoms with Gasteiger partial charge in [-0.05, 0) is 54.8 Å². The van der Waals surface area contributed by atoms with Gasteiger partial charge in [-0.3, -0.25) is 0 Å². The lowest BCUT2D eigenvalue weighted by Crippen LogP contribution is -2.78. The molecule has 2 nitrogen and oxygen atoms in total. The Morgan fingerprint density at radius 1 is 1.04 bits per heavy atom. The molecule has 5 saturated carbocycles. The van der Waals surface area contributed by atoms with Gasteiger partial charge in [-0.2, -0.15) is 0 Å². The van der Waals surface area contributed by atoms with Crippen molar-refractivity contribution in [3.63, 3.8) is 0 Å². The molecule has 1 aliphatic heterocycles. The van der Waals surface area contributed by atoms with Crippen LogP contribution in [0.1, 0.15) is 19.3 Å². The Bertz CT molecular complexity index is 779. The van der Waals surface area contributed by atoms with Crippen molar-refractivity contribution >= 4 is 0 Å². The zero-order valence-electron chi connectivity index (χ0n) is 13.9. The molecule has 0 radical (unpaired) electrons. The van der Waals surface area contributed by atoms with Crippen LogP contribution in [0.15, 0.2) is 49.1 Å². The molecule has 10 atom stereocenters. The maximum Gasteiger partial charge on any atom is 0.0858 e. The van der Waals surface area contributed by atoms with E-state index in [-0.39, 0.29) is 16.4 Å². The number of aliphatic hydroxyl groups is 1. The van der Waals surface area contributed by atoms with E-state index in [1.807, 2.05) is 6.08 Å². The Kier molecular flexibility index (Phi) is 1.87. The lowest BCUT2D eigenvalue weighted by Gasteiger charge is -2.74. The first-order valence-corrected chi connectivity index (χ1v) is 9.69. The summed E-state index contributed by atoms with van der Waals surface area (Å²) in [6.45, 7) is 4.75. The minimum atomic E-state index is -0.618. The van der Waals surface area contributed by atoms with Gasteiger partial charge >= 0.3 is 0 Å². The van der Waals surface area contributed by atoms with E-state index in [2.05, 4.69) is 43.0 Å². The molecule has 2 heteroatoms. The van der Waals surface area contributed by atoms with Crippen LogP contribution in [0, 0.1) is 46.3 Å². The summed E-state index contributed by atoms with van der Waals surface area (Å²) < 4.78 is 6.71. The number of hydrogen-bond donors (Lipinski definition) is 1. The molecule has 0 amide bonds. The SMILES string of the molecule is C=CC[C@@]1(O)C2C3[C@H]4C[C@@H]2C2C4[C@@]4(C=CC=C[C@]241)[C@]31CC=CCO1. The van der Waals surface area contributed by atoms with Crippen LogP contribution in [0.2, 0.25) is 0 Å². The van der Waals surface area contributed by atoms with Crippen molar-refractivity contribution in [2.45, 2.75) is 30.5 Å². The van der Waals surface area contributed by atoms with E-state index in [0.29, 0.717) is 23.7 Å². The fraction of sp³-hybridized carbons (Fsp3) is 0.636. The number of fused-ring (bicyclic) bond motifs is 2. The Labute approximate surface area is 143 Å². The molecule has 7 rings (SSSR count). The monoisotopic (exact) mass is 320 g/mol. The highest BCUT2D eigenvalue weighted by atomic mass is 16.5. The second-order valence-corrected chi connectivity index (χ2v) is 9.42. The van der Waals surface area contributed by atoms with Gasteiger partial charge in [0.1, 0.15) is 0 Å². The minimum absolute atomic E-state index is 0.0129. The first kappa shape index (κ1) is 13.1. The van der Waals surface area contributed by atoms with E-state index in [1.165, 1.54) is 6.42 Å². The normalized spacial score (nSPS) is 68.0. The molecule has 5 fully saturated rings.